The molecule has 118 valence electrons. The Labute approximate surface area is 130 Å². The summed E-state index contributed by atoms with van der Waals surface area (Å²) in [6.07, 6.45) is 2.40. The Morgan fingerprint density at radius 3 is 2.91 bits per heavy atom. The van der Waals surface area contributed by atoms with Crippen molar-refractivity contribution in [2.75, 3.05) is 50.8 Å². The molecule has 1 atom stereocenters. The maximum absolute atomic E-state index is 11.0. The molecule has 1 aromatic rings. The molecule has 3 heterocycles. The maximum Gasteiger partial charge on any atom is 0.142 e. The minimum Gasteiger partial charge on any atom is -0.384 e. The van der Waals surface area contributed by atoms with Crippen LogP contribution in [0.1, 0.15) is 18.5 Å². The van der Waals surface area contributed by atoms with Gasteiger partial charge < -0.3 is 19.6 Å². The molecule has 0 spiro atoms. The maximum atomic E-state index is 11.0. The largest absolute Gasteiger partial charge is 0.384 e. The average Bonchev–Trinajstić information content (AvgIpc) is 2.95. The minimum absolute atomic E-state index is 0.345. The van der Waals surface area contributed by atoms with Crippen LogP contribution in [0, 0.1) is 11.3 Å². The van der Waals surface area contributed by atoms with Crippen molar-refractivity contribution in [3.05, 3.63) is 23.9 Å². The highest BCUT2D eigenvalue weighted by Crippen LogP contribution is 2.21. The van der Waals surface area contributed by atoms with Crippen LogP contribution in [0.3, 0.4) is 0 Å². The highest BCUT2D eigenvalue weighted by Gasteiger charge is 2.35. The topological polar surface area (TPSA) is 72.6 Å². The number of rotatable bonds is 3. The smallest absolute Gasteiger partial charge is 0.142 e. The van der Waals surface area contributed by atoms with E-state index in [0.29, 0.717) is 38.5 Å². The fourth-order valence-corrected chi connectivity index (χ4v) is 3.23. The molecule has 2 fully saturated rings. The van der Waals surface area contributed by atoms with Crippen molar-refractivity contribution in [1.82, 2.24) is 9.88 Å². The molecule has 0 saturated carbocycles. The number of nitrogens with zero attached hydrogens (tertiary/aromatic N) is 4. The summed E-state index contributed by atoms with van der Waals surface area (Å²) >= 11 is 0. The predicted molar refractivity (Wildman–Crippen MR) is 82.6 cm³/mol. The molecule has 6 nitrogen and oxygen atoms in total. The summed E-state index contributed by atoms with van der Waals surface area (Å²) in [5.74, 6) is 0.726. The SMILES string of the molecule is N#Cc1cccc(N2CCOCC(O)(CN3CCCC3)C2)n1. The van der Waals surface area contributed by atoms with Crippen LogP contribution in [-0.4, -0.2) is 66.5 Å². The van der Waals surface area contributed by atoms with E-state index in [1.54, 1.807) is 6.07 Å². The molecule has 2 saturated heterocycles. The molecule has 2 aliphatic rings. The normalized spacial score (nSPS) is 26.6. The second kappa shape index (κ2) is 6.61. The van der Waals surface area contributed by atoms with E-state index in [1.807, 2.05) is 17.0 Å². The second-order valence-corrected chi connectivity index (χ2v) is 6.17. The van der Waals surface area contributed by atoms with Crippen molar-refractivity contribution < 1.29 is 9.84 Å². The number of β-amino-alcohol motifs (C(OH)–C–C–N with tert-alkyl or cyclic N) is 1. The third-order valence-corrected chi connectivity index (χ3v) is 4.25. The summed E-state index contributed by atoms with van der Waals surface area (Å²) in [5, 5.41) is 20.0. The number of anilines is 1. The Morgan fingerprint density at radius 1 is 1.32 bits per heavy atom. The van der Waals surface area contributed by atoms with Gasteiger partial charge in [0.15, 0.2) is 0 Å². The van der Waals surface area contributed by atoms with Crippen molar-refractivity contribution >= 4 is 5.82 Å². The summed E-state index contributed by atoms with van der Waals surface area (Å²) in [6, 6.07) is 7.45. The van der Waals surface area contributed by atoms with E-state index >= 15 is 0 Å². The van der Waals surface area contributed by atoms with Crippen LogP contribution in [0.4, 0.5) is 5.82 Å². The van der Waals surface area contributed by atoms with Gasteiger partial charge in [-0.15, -0.1) is 0 Å². The molecule has 1 unspecified atom stereocenters. The van der Waals surface area contributed by atoms with E-state index in [-0.39, 0.29) is 0 Å². The number of hydrogen-bond donors (Lipinski definition) is 1. The lowest BCUT2D eigenvalue weighted by atomic mass is 10.0. The summed E-state index contributed by atoms with van der Waals surface area (Å²) < 4.78 is 5.62. The minimum atomic E-state index is -0.898. The Morgan fingerprint density at radius 2 is 2.14 bits per heavy atom. The monoisotopic (exact) mass is 302 g/mol. The standard InChI is InChI=1S/C16H22N4O2/c17-10-14-4-3-5-15(18-14)20-8-9-22-13-16(21,12-20)11-19-6-1-2-7-19/h3-5,21H,1-2,6-9,11-13H2. The number of pyridine rings is 1. The molecule has 0 aliphatic carbocycles. The molecule has 6 heteroatoms. The van der Waals surface area contributed by atoms with E-state index in [0.717, 1.165) is 18.9 Å². The lowest BCUT2D eigenvalue weighted by Gasteiger charge is -2.34. The molecule has 3 rings (SSSR count). The van der Waals surface area contributed by atoms with Gasteiger partial charge in [0.25, 0.3) is 0 Å². The number of aromatic nitrogens is 1. The third kappa shape index (κ3) is 3.55. The molecule has 0 aromatic carbocycles. The first-order valence-corrected chi connectivity index (χ1v) is 7.83. The summed E-state index contributed by atoms with van der Waals surface area (Å²) in [6.45, 7) is 4.77. The molecular weight excluding hydrogens is 280 g/mol. The number of hydrogen-bond acceptors (Lipinski definition) is 6. The van der Waals surface area contributed by atoms with Crippen LogP contribution in [0.2, 0.25) is 0 Å². The van der Waals surface area contributed by atoms with Crippen molar-refractivity contribution in [3.8, 4) is 6.07 Å². The molecule has 1 N–H and O–H groups in total. The fourth-order valence-electron chi connectivity index (χ4n) is 3.23. The van der Waals surface area contributed by atoms with Crippen LogP contribution in [0.15, 0.2) is 18.2 Å². The second-order valence-electron chi connectivity index (χ2n) is 6.17. The average molecular weight is 302 g/mol. The lowest BCUT2D eigenvalue weighted by Crippen LogP contribution is -2.52. The molecule has 0 radical (unpaired) electrons. The first-order valence-electron chi connectivity index (χ1n) is 7.83. The van der Waals surface area contributed by atoms with Gasteiger partial charge in [-0.3, -0.25) is 0 Å². The van der Waals surface area contributed by atoms with E-state index in [2.05, 4.69) is 16.0 Å². The molecule has 2 aliphatic heterocycles. The molecule has 22 heavy (non-hydrogen) atoms. The van der Waals surface area contributed by atoms with Crippen molar-refractivity contribution in [2.24, 2.45) is 0 Å². The Kier molecular flexibility index (Phi) is 4.57. The van der Waals surface area contributed by atoms with Crippen molar-refractivity contribution in [2.45, 2.75) is 18.4 Å². The van der Waals surface area contributed by atoms with Crippen LogP contribution in [0.5, 0.6) is 0 Å². The Hall–Kier alpha value is -1.68. The summed E-state index contributed by atoms with van der Waals surface area (Å²) in [4.78, 5) is 8.65. The first-order chi connectivity index (χ1) is 10.7. The van der Waals surface area contributed by atoms with E-state index < -0.39 is 5.60 Å². The molecule has 1 aromatic heterocycles. The van der Waals surface area contributed by atoms with Crippen LogP contribution in [-0.2, 0) is 4.74 Å². The Bertz CT molecular complexity index is 553. The quantitative estimate of drug-likeness (QED) is 0.882. The van der Waals surface area contributed by atoms with Crippen molar-refractivity contribution in [1.29, 1.82) is 5.26 Å². The highest BCUT2D eigenvalue weighted by molar-refractivity contribution is 5.42. The van der Waals surface area contributed by atoms with Crippen molar-refractivity contribution in [3.63, 3.8) is 0 Å². The lowest BCUT2D eigenvalue weighted by molar-refractivity contribution is -0.0439. The van der Waals surface area contributed by atoms with E-state index in [1.165, 1.54) is 12.8 Å². The molecule has 0 amide bonds. The van der Waals surface area contributed by atoms with Crippen LogP contribution >= 0.6 is 0 Å². The summed E-state index contributed by atoms with van der Waals surface area (Å²) in [7, 11) is 0. The predicted octanol–water partition coefficient (Wildman–Crippen LogP) is 0.617. The molecular formula is C16H22N4O2. The fraction of sp³-hybridized carbons (Fsp3) is 0.625. The zero-order chi connectivity index (χ0) is 15.4. The van der Waals surface area contributed by atoms with Gasteiger partial charge in [-0.1, -0.05) is 6.07 Å². The molecule has 0 bridgehead atoms. The number of aliphatic hydroxyl groups is 1. The van der Waals surface area contributed by atoms with Crippen LogP contribution < -0.4 is 4.90 Å². The van der Waals surface area contributed by atoms with Gasteiger partial charge in [-0.25, -0.2) is 4.98 Å². The van der Waals surface area contributed by atoms with Gasteiger partial charge in [-0.2, -0.15) is 5.26 Å². The van der Waals surface area contributed by atoms with Crippen LogP contribution in [0.25, 0.3) is 0 Å². The van der Waals surface area contributed by atoms with Gasteiger partial charge in [0.05, 0.1) is 19.8 Å². The number of ether oxygens (including phenoxy) is 1. The van der Waals surface area contributed by atoms with Gasteiger partial charge in [0.2, 0.25) is 0 Å². The highest BCUT2D eigenvalue weighted by atomic mass is 16.5. The number of nitriles is 1. The Balaban J connectivity index is 1.75. The third-order valence-electron chi connectivity index (χ3n) is 4.25. The van der Waals surface area contributed by atoms with Gasteiger partial charge in [0, 0.05) is 13.1 Å². The van der Waals surface area contributed by atoms with E-state index in [4.69, 9.17) is 10.00 Å². The van der Waals surface area contributed by atoms with E-state index in [9.17, 15) is 5.11 Å². The number of likely N-dealkylation sites (tertiary alicyclic amines) is 1. The zero-order valence-corrected chi connectivity index (χ0v) is 12.7. The zero-order valence-electron chi connectivity index (χ0n) is 12.7. The van der Waals surface area contributed by atoms with Gasteiger partial charge in [-0.05, 0) is 38.1 Å². The summed E-state index contributed by atoms with van der Waals surface area (Å²) in [5.41, 5.74) is -0.503. The first kappa shape index (κ1) is 15.2. The van der Waals surface area contributed by atoms with Gasteiger partial charge in [0.1, 0.15) is 23.2 Å². The van der Waals surface area contributed by atoms with Gasteiger partial charge >= 0.3 is 0 Å².